The van der Waals surface area contributed by atoms with E-state index in [1.807, 2.05) is 0 Å². The fraction of sp³-hybridized carbons (Fsp3) is 0.750. The zero-order valence-corrected chi connectivity index (χ0v) is 6.49. The molecule has 0 aliphatic rings. The van der Waals surface area contributed by atoms with Crippen LogP contribution in [-0.2, 0) is 0 Å². The molecule has 0 amide bonds. The van der Waals surface area contributed by atoms with E-state index in [0.29, 0.717) is 6.42 Å². The molecule has 0 aromatic carbocycles. The lowest BCUT2D eigenvalue weighted by Crippen LogP contribution is -2.10. The molecule has 0 saturated carbocycles. The predicted molar refractivity (Wildman–Crippen MR) is 38.5 cm³/mol. The van der Waals surface area contributed by atoms with E-state index in [1.165, 1.54) is 0 Å². The van der Waals surface area contributed by atoms with Crippen molar-refractivity contribution >= 4 is 0 Å². The highest BCUT2D eigenvalue weighted by Crippen LogP contribution is 2.08. The summed E-state index contributed by atoms with van der Waals surface area (Å²) in [4.78, 5) is 0. The molecule has 0 aliphatic heterocycles. The normalized spacial score (nSPS) is 12.4. The number of alkyl halides is 4. The molecule has 0 radical (unpaired) electrons. The van der Waals surface area contributed by atoms with Crippen LogP contribution in [0, 0.1) is 11.8 Å². The van der Waals surface area contributed by atoms with Crippen molar-refractivity contribution < 1.29 is 17.6 Å². The Morgan fingerprint density at radius 2 is 1.75 bits per heavy atom. The lowest BCUT2D eigenvalue weighted by molar-refractivity contribution is 0.0529. The van der Waals surface area contributed by atoms with Crippen LogP contribution in [0.3, 0.4) is 0 Å². The van der Waals surface area contributed by atoms with E-state index >= 15 is 0 Å². The summed E-state index contributed by atoms with van der Waals surface area (Å²) in [6.45, 7) is -0.484. The Morgan fingerprint density at radius 3 is 2.25 bits per heavy atom. The summed E-state index contributed by atoms with van der Waals surface area (Å²) in [5, 5.41) is 0. The van der Waals surface area contributed by atoms with Gasteiger partial charge in [-0.2, -0.15) is 0 Å². The first-order valence-electron chi connectivity index (χ1n) is 3.62. The second-order valence-corrected chi connectivity index (χ2v) is 2.20. The highest BCUT2D eigenvalue weighted by Gasteiger charge is 2.16. The van der Waals surface area contributed by atoms with Gasteiger partial charge in [-0.3, -0.25) is 4.39 Å². The number of rotatable bonds is 4. The van der Waals surface area contributed by atoms with Crippen molar-refractivity contribution in [1.29, 1.82) is 0 Å². The van der Waals surface area contributed by atoms with E-state index in [9.17, 15) is 17.6 Å². The second kappa shape index (κ2) is 6.96. The largest absolute Gasteiger partial charge is 0.270 e. The van der Waals surface area contributed by atoms with Crippen LogP contribution in [0.1, 0.15) is 19.3 Å². The van der Waals surface area contributed by atoms with E-state index in [0.717, 1.165) is 0 Å². The molecule has 0 nitrogen and oxygen atoms in total. The topological polar surface area (TPSA) is 0 Å². The van der Waals surface area contributed by atoms with Gasteiger partial charge < -0.3 is 0 Å². The Labute approximate surface area is 69.0 Å². The third kappa shape index (κ3) is 6.02. The number of hydrogen-bond acceptors (Lipinski definition) is 0. The van der Waals surface area contributed by atoms with Gasteiger partial charge in [0.2, 0.25) is 0 Å². The van der Waals surface area contributed by atoms with Crippen molar-refractivity contribution in [1.82, 2.24) is 0 Å². The van der Waals surface area contributed by atoms with Gasteiger partial charge in [0.15, 0.2) is 6.17 Å². The first-order chi connectivity index (χ1) is 5.68. The van der Waals surface area contributed by atoms with Gasteiger partial charge in [-0.15, -0.1) is 11.8 Å². The number of unbranched alkanes of at least 4 members (excludes halogenated alkanes) is 1. The van der Waals surface area contributed by atoms with Crippen molar-refractivity contribution in [3.8, 4) is 11.8 Å². The van der Waals surface area contributed by atoms with Crippen molar-refractivity contribution in [2.45, 2.75) is 31.9 Å². The van der Waals surface area contributed by atoms with Crippen LogP contribution < -0.4 is 0 Å². The Kier molecular flexibility index (Phi) is 6.54. The minimum atomic E-state index is -2.97. The van der Waals surface area contributed by atoms with Crippen LogP contribution in [0.15, 0.2) is 0 Å². The van der Waals surface area contributed by atoms with Gasteiger partial charge in [-0.05, 0) is 6.42 Å². The quantitative estimate of drug-likeness (QED) is 0.356. The Bertz CT molecular complexity index is 156. The molecule has 1 unspecified atom stereocenters. The Morgan fingerprint density at radius 1 is 1.08 bits per heavy atom. The molecule has 0 saturated heterocycles. The van der Waals surface area contributed by atoms with Crippen molar-refractivity contribution in [3.05, 3.63) is 0 Å². The van der Waals surface area contributed by atoms with Gasteiger partial charge in [-0.25, -0.2) is 13.2 Å². The number of halogens is 4. The molecule has 4 heteroatoms. The first kappa shape index (κ1) is 11.3. The van der Waals surface area contributed by atoms with Crippen molar-refractivity contribution in [2.75, 3.05) is 6.67 Å². The maximum absolute atomic E-state index is 12.1. The van der Waals surface area contributed by atoms with Gasteiger partial charge in [0.05, 0.1) is 6.67 Å². The van der Waals surface area contributed by atoms with Gasteiger partial charge in [0.1, 0.15) is 0 Å². The molecule has 0 rings (SSSR count). The SMILES string of the molecule is FCCCC#CCC(F)C(F)F. The summed E-state index contributed by atoms with van der Waals surface area (Å²) in [7, 11) is 0. The zero-order valence-electron chi connectivity index (χ0n) is 6.49. The van der Waals surface area contributed by atoms with E-state index in [2.05, 4.69) is 11.8 Å². The minimum Gasteiger partial charge on any atom is -0.251 e. The minimum absolute atomic E-state index is 0.276. The highest BCUT2D eigenvalue weighted by atomic mass is 19.3. The van der Waals surface area contributed by atoms with Crippen LogP contribution >= 0.6 is 0 Å². The van der Waals surface area contributed by atoms with Gasteiger partial charge in [0.25, 0.3) is 6.43 Å². The van der Waals surface area contributed by atoms with Crippen LogP contribution in [0.25, 0.3) is 0 Å². The molecular formula is C8H10F4. The molecule has 0 aliphatic carbocycles. The second-order valence-electron chi connectivity index (χ2n) is 2.20. The Hall–Kier alpha value is -0.720. The average Bonchev–Trinajstić information content (AvgIpc) is 2.03. The lowest BCUT2D eigenvalue weighted by atomic mass is 10.2. The highest BCUT2D eigenvalue weighted by molar-refractivity contribution is 5.00. The fourth-order valence-electron chi connectivity index (χ4n) is 0.502. The predicted octanol–water partition coefficient (Wildman–Crippen LogP) is 2.73. The zero-order chi connectivity index (χ0) is 9.40. The standard InChI is InChI=1S/C8H10F4/c9-6-4-2-1-3-5-7(10)8(11)12/h7-8H,2,4-6H2. The van der Waals surface area contributed by atoms with Crippen molar-refractivity contribution in [2.24, 2.45) is 0 Å². The molecule has 70 valence electrons. The molecule has 0 heterocycles. The maximum Gasteiger partial charge on any atom is 0.270 e. The molecular weight excluding hydrogens is 172 g/mol. The summed E-state index contributed by atoms with van der Waals surface area (Å²) in [5.74, 6) is 4.64. The molecule has 0 aromatic rings. The third-order valence-electron chi connectivity index (χ3n) is 1.13. The van der Waals surface area contributed by atoms with E-state index in [4.69, 9.17) is 0 Å². The molecule has 1 atom stereocenters. The summed E-state index contributed by atoms with van der Waals surface area (Å²) in [6.07, 6.45) is -5.04. The molecule has 0 bridgehead atoms. The van der Waals surface area contributed by atoms with Crippen LogP contribution in [0.4, 0.5) is 17.6 Å². The number of hydrogen-bond donors (Lipinski definition) is 0. The molecule has 0 spiro atoms. The van der Waals surface area contributed by atoms with Crippen LogP contribution in [0.2, 0.25) is 0 Å². The molecule has 0 N–H and O–H groups in total. The van der Waals surface area contributed by atoms with Crippen molar-refractivity contribution in [3.63, 3.8) is 0 Å². The molecule has 0 fully saturated rings. The summed E-state index contributed by atoms with van der Waals surface area (Å²) in [6, 6.07) is 0. The van der Waals surface area contributed by atoms with Gasteiger partial charge in [0, 0.05) is 12.8 Å². The smallest absolute Gasteiger partial charge is 0.251 e. The van der Waals surface area contributed by atoms with E-state index < -0.39 is 25.7 Å². The summed E-state index contributed by atoms with van der Waals surface area (Å²) in [5.41, 5.74) is 0. The summed E-state index contributed by atoms with van der Waals surface area (Å²) >= 11 is 0. The van der Waals surface area contributed by atoms with Gasteiger partial charge in [-0.1, -0.05) is 0 Å². The fourth-order valence-corrected chi connectivity index (χ4v) is 0.502. The lowest BCUT2D eigenvalue weighted by Gasteiger charge is -1.99. The van der Waals surface area contributed by atoms with Gasteiger partial charge >= 0.3 is 0 Å². The molecule has 12 heavy (non-hydrogen) atoms. The summed E-state index contributed by atoms with van der Waals surface area (Å²) < 4.78 is 46.6. The van der Waals surface area contributed by atoms with Crippen LogP contribution in [-0.4, -0.2) is 19.3 Å². The maximum atomic E-state index is 12.1. The van der Waals surface area contributed by atoms with Crippen LogP contribution in [0.5, 0.6) is 0 Å². The third-order valence-corrected chi connectivity index (χ3v) is 1.13. The van der Waals surface area contributed by atoms with E-state index in [1.54, 1.807) is 0 Å². The van der Waals surface area contributed by atoms with E-state index in [-0.39, 0.29) is 6.42 Å². The average molecular weight is 182 g/mol. The first-order valence-corrected chi connectivity index (χ1v) is 3.62. The monoisotopic (exact) mass is 182 g/mol. The molecule has 0 aromatic heterocycles. The Balaban J connectivity index is 3.43.